The van der Waals surface area contributed by atoms with Crippen molar-refractivity contribution in [3.8, 4) is 0 Å². The SMILES string of the molecule is CC(Nc1ccc2nccnc2n1)C1CCOC1. The highest BCUT2D eigenvalue weighted by atomic mass is 16.5. The number of hydrogen-bond donors (Lipinski definition) is 1. The molecular formula is C13H16N4O. The Morgan fingerprint density at radius 3 is 3.06 bits per heavy atom. The number of pyridine rings is 1. The Kier molecular flexibility index (Phi) is 3.06. The summed E-state index contributed by atoms with van der Waals surface area (Å²) in [6, 6.07) is 4.24. The molecule has 2 aromatic rings. The van der Waals surface area contributed by atoms with Gasteiger partial charge in [-0.05, 0) is 25.5 Å². The van der Waals surface area contributed by atoms with Gasteiger partial charge in [-0.15, -0.1) is 0 Å². The van der Waals surface area contributed by atoms with Gasteiger partial charge >= 0.3 is 0 Å². The predicted octanol–water partition coefficient (Wildman–Crippen LogP) is 1.86. The Labute approximate surface area is 106 Å². The second kappa shape index (κ2) is 4.86. The Hall–Kier alpha value is -1.75. The summed E-state index contributed by atoms with van der Waals surface area (Å²) < 4.78 is 5.40. The third-order valence-corrected chi connectivity index (χ3v) is 3.38. The lowest BCUT2D eigenvalue weighted by Gasteiger charge is -2.19. The highest BCUT2D eigenvalue weighted by Gasteiger charge is 2.22. The van der Waals surface area contributed by atoms with Crippen LogP contribution in [-0.2, 0) is 4.74 Å². The lowest BCUT2D eigenvalue weighted by atomic mass is 10.0. The quantitative estimate of drug-likeness (QED) is 0.893. The van der Waals surface area contributed by atoms with E-state index in [9.17, 15) is 0 Å². The summed E-state index contributed by atoms with van der Waals surface area (Å²) >= 11 is 0. The summed E-state index contributed by atoms with van der Waals surface area (Å²) in [6.07, 6.45) is 4.45. The van der Waals surface area contributed by atoms with Crippen LogP contribution in [0.1, 0.15) is 13.3 Å². The molecule has 5 nitrogen and oxygen atoms in total. The van der Waals surface area contributed by atoms with Gasteiger partial charge in [-0.2, -0.15) is 0 Å². The molecule has 0 radical (unpaired) electrons. The van der Waals surface area contributed by atoms with Crippen LogP contribution in [-0.4, -0.2) is 34.2 Å². The number of anilines is 1. The van der Waals surface area contributed by atoms with Gasteiger partial charge < -0.3 is 10.1 Å². The van der Waals surface area contributed by atoms with E-state index in [-0.39, 0.29) is 0 Å². The summed E-state index contributed by atoms with van der Waals surface area (Å²) in [5, 5.41) is 3.42. The summed E-state index contributed by atoms with van der Waals surface area (Å²) in [4.78, 5) is 12.9. The van der Waals surface area contributed by atoms with Gasteiger partial charge in [-0.3, -0.25) is 4.98 Å². The summed E-state index contributed by atoms with van der Waals surface area (Å²) in [7, 11) is 0. The normalized spacial score (nSPS) is 21.1. The first-order chi connectivity index (χ1) is 8.83. The van der Waals surface area contributed by atoms with Crippen molar-refractivity contribution in [1.82, 2.24) is 15.0 Å². The van der Waals surface area contributed by atoms with E-state index in [4.69, 9.17) is 4.74 Å². The van der Waals surface area contributed by atoms with Crippen LogP contribution in [0.25, 0.3) is 11.2 Å². The number of ether oxygens (including phenoxy) is 1. The molecule has 0 bridgehead atoms. The number of aromatic nitrogens is 3. The molecule has 3 heterocycles. The third kappa shape index (κ3) is 2.26. The van der Waals surface area contributed by atoms with Crippen LogP contribution in [0.4, 0.5) is 5.82 Å². The van der Waals surface area contributed by atoms with Crippen LogP contribution >= 0.6 is 0 Å². The third-order valence-electron chi connectivity index (χ3n) is 3.38. The number of rotatable bonds is 3. The number of nitrogens with one attached hydrogen (secondary N) is 1. The molecule has 94 valence electrons. The summed E-state index contributed by atoms with van der Waals surface area (Å²) in [5.41, 5.74) is 1.50. The second-order valence-corrected chi connectivity index (χ2v) is 4.65. The van der Waals surface area contributed by atoms with E-state index in [0.29, 0.717) is 17.6 Å². The topological polar surface area (TPSA) is 59.9 Å². The zero-order chi connectivity index (χ0) is 12.4. The maximum absolute atomic E-state index is 5.40. The van der Waals surface area contributed by atoms with Crippen LogP contribution in [0.3, 0.4) is 0 Å². The van der Waals surface area contributed by atoms with Gasteiger partial charge in [0.2, 0.25) is 0 Å². The Morgan fingerprint density at radius 2 is 2.22 bits per heavy atom. The first-order valence-corrected chi connectivity index (χ1v) is 6.25. The lowest BCUT2D eigenvalue weighted by molar-refractivity contribution is 0.183. The van der Waals surface area contributed by atoms with E-state index >= 15 is 0 Å². The number of nitrogens with zero attached hydrogens (tertiary/aromatic N) is 3. The molecular weight excluding hydrogens is 228 g/mol. The monoisotopic (exact) mass is 244 g/mol. The van der Waals surface area contributed by atoms with Crippen molar-refractivity contribution < 1.29 is 4.74 Å². The number of hydrogen-bond acceptors (Lipinski definition) is 5. The predicted molar refractivity (Wildman–Crippen MR) is 69.3 cm³/mol. The minimum absolute atomic E-state index is 0.356. The van der Waals surface area contributed by atoms with Crippen molar-refractivity contribution in [3.05, 3.63) is 24.5 Å². The molecule has 2 aromatic heterocycles. The average Bonchev–Trinajstić information content (AvgIpc) is 2.92. The molecule has 2 atom stereocenters. The first kappa shape index (κ1) is 11.3. The minimum atomic E-state index is 0.356. The van der Waals surface area contributed by atoms with Gasteiger partial charge in [0, 0.05) is 31.0 Å². The second-order valence-electron chi connectivity index (χ2n) is 4.65. The molecule has 0 spiro atoms. The molecule has 0 amide bonds. The van der Waals surface area contributed by atoms with Crippen molar-refractivity contribution in [1.29, 1.82) is 0 Å². The summed E-state index contributed by atoms with van der Waals surface area (Å²) in [6.45, 7) is 3.87. The van der Waals surface area contributed by atoms with E-state index in [1.807, 2.05) is 12.1 Å². The molecule has 5 heteroatoms. The molecule has 1 N–H and O–H groups in total. The van der Waals surface area contributed by atoms with E-state index < -0.39 is 0 Å². The lowest BCUT2D eigenvalue weighted by Crippen LogP contribution is -2.26. The van der Waals surface area contributed by atoms with Crippen LogP contribution in [0, 0.1) is 5.92 Å². The van der Waals surface area contributed by atoms with Gasteiger partial charge in [0.1, 0.15) is 11.3 Å². The molecule has 18 heavy (non-hydrogen) atoms. The van der Waals surface area contributed by atoms with Gasteiger partial charge in [-0.25, -0.2) is 9.97 Å². The van der Waals surface area contributed by atoms with Gasteiger partial charge in [0.15, 0.2) is 5.65 Å². The zero-order valence-electron chi connectivity index (χ0n) is 10.3. The fraction of sp³-hybridized carbons (Fsp3) is 0.462. The molecule has 1 aliphatic heterocycles. The highest BCUT2D eigenvalue weighted by Crippen LogP contribution is 2.20. The Morgan fingerprint density at radius 1 is 1.33 bits per heavy atom. The fourth-order valence-electron chi connectivity index (χ4n) is 2.23. The van der Waals surface area contributed by atoms with Crippen LogP contribution in [0.5, 0.6) is 0 Å². The molecule has 1 fully saturated rings. The first-order valence-electron chi connectivity index (χ1n) is 6.25. The molecule has 2 unspecified atom stereocenters. The van der Waals surface area contributed by atoms with E-state index in [1.54, 1.807) is 12.4 Å². The molecule has 0 aliphatic carbocycles. The van der Waals surface area contributed by atoms with Gasteiger partial charge in [0.05, 0.1) is 6.61 Å². The van der Waals surface area contributed by atoms with Crippen LogP contribution in [0.2, 0.25) is 0 Å². The van der Waals surface area contributed by atoms with E-state index in [1.165, 1.54) is 0 Å². The minimum Gasteiger partial charge on any atom is -0.381 e. The van der Waals surface area contributed by atoms with Crippen molar-refractivity contribution in [3.63, 3.8) is 0 Å². The Bertz CT molecular complexity index is 539. The maximum atomic E-state index is 5.40. The van der Waals surface area contributed by atoms with Crippen LogP contribution in [0.15, 0.2) is 24.5 Å². The van der Waals surface area contributed by atoms with E-state index in [2.05, 4.69) is 27.2 Å². The summed E-state index contributed by atoms with van der Waals surface area (Å²) in [5.74, 6) is 1.41. The van der Waals surface area contributed by atoms with Crippen molar-refractivity contribution in [2.45, 2.75) is 19.4 Å². The molecule has 1 saturated heterocycles. The molecule has 0 saturated carbocycles. The highest BCUT2D eigenvalue weighted by molar-refractivity contribution is 5.71. The van der Waals surface area contributed by atoms with Crippen molar-refractivity contribution in [2.24, 2.45) is 5.92 Å². The van der Waals surface area contributed by atoms with Crippen molar-refractivity contribution >= 4 is 17.0 Å². The maximum Gasteiger partial charge on any atom is 0.180 e. The standard InChI is InChI=1S/C13H16N4O/c1-9(10-4-7-18-8-10)16-12-3-2-11-13(17-12)15-6-5-14-11/h2-3,5-6,9-10H,4,7-8H2,1H3,(H,15,16,17). The van der Waals surface area contributed by atoms with Crippen LogP contribution < -0.4 is 5.32 Å². The average molecular weight is 244 g/mol. The van der Waals surface area contributed by atoms with E-state index in [0.717, 1.165) is 31.0 Å². The molecule has 1 aliphatic rings. The Balaban J connectivity index is 1.77. The molecule has 0 aromatic carbocycles. The van der Waals surface area contributed by atoms with Gasteiger partial charge in [0.25, 0.3) is 0 Å². The fourth-order valence-corrected chi connectivity index (χ4v) is 2.23. The van der Waals surface area contributed by atoms with Crippen molar-refractivity contribution in [2.75, 3.05) is 18.5 Å². The molecule has 3 rings (SSSR count). The largest absolute Gasteiger partial charge is 0.381 e. The van der Waals surface area contributed by atoms with Gasteiger partial charge in [-0.1, -0.05) is 0 Å². The zero-order valence-corrected chi connectivity index (χ0v) is 10.3. The number of fused-ring (bicyclic) bond motifs is 1. The smallest absolute Gasteiger partial charge is 0.180 e.